The van der Waals surface area contributed by atoms with Crippen molar-refractivity contribution in [3.8, 4) is 0 Å². The number of carbonyl (C=O) groups is 1. The molecule has 0 aliphatic rings. The molecule has 1 aromatic carbocycles. The van der Waals surface area contributed by atoms with E-state index in [4.69, 9.17) is 27.6 Å². The molecule has 0 aliphatic heterocycles. The molecule has 1 atom stereocenters. The Hall–Kier alpha value is -1.34. The minimum Gasteiger partial charge on any atom is -0.468 e. The van der Waals surface area contributed by atoms with Crippen molar-refractivity contribution < 1.29 is 17.6 Å². The van der Waals surface area contributed by atoms with E-state index < -0.39 is 21.3 Å². The molecule has 1 unspecified atom stereocenters. The van der Waals surface area contributed by atoms with Gasteiger partial charge in [-0.05, 0) is 54.9 Å². The second-order valence-corrected chi connectivity index (χ2v) is 7.26. The zero-order chi connectivity index (χ0) is 16.3. The largest absolute Gasteiger partial charge is 0.468 e. The van der Waals surface area contributed by atoms with Gasteiger partial charge in [0.05, 0.1) is 23.7 Å². The number of rotatable bonds is 6. The molecule has 2 rings (SSSR count). The van der Waals surface area contributed by atoms with Crippen molar-refractivity contribution in [1.29, 1.82) is 0 Å². The molecule has 8 heteroatoms. The molecule has 22 heavy (non-hydrogen) atoms. The molecule has 0 fully saturated rings. The molecule has 0 saturated heterocycles. The fraction of sp³-hybridized carbons (Fsp3) is 0.214. The number of sulfonamides is 1. The summed E-state index contributed by atoms with van der Waals surface area (Å²) in [4.78, 5) is 11.5. The Bertz CT molecular complexity index is 742. The van der Waals surface area contributed by atoms with Crippen LogP contribution in [0.2, 0.25) is 5.02 Å². The highest BCUT2D eigenvalue weighted by molar-refractivity contribution is 7.89. The Morgan fingerprint density at radius 1 is 1.27 bits per heavy atom. The van der Waals surface area contributed by atoms with Gasteiger partial charge >= 0.3 is 0 Å². The van der Waals surface area contributed by atoms with Crippen LogP contribution >= 0.6 is 23.2 Å². The van der Waals surface area contributed by atoms with Crippen LogP contribution in [0.4, 0.5) is 0 Å². The van der Waals surface area contributed by atoms with Gasteiger partial charge in [-0.1, -0.05) is 11.6 Å². The predicted molar refractivity (Wildman–Crippen MR) is 83.2 cm³/mol. The van der Waals surface area contributed by atoms with Crippen molar-refractivity contribution in [3.05, 3.63) is 53.4 Å². The Morgan fingerprint density at radius 2 is 1.91 bits per heavy atom. The van der Waals surface area contributed by atoms with E-state index in [9.17, 15) is 13.2 Å². The van der Waals surface area contributed by atoms with Gasteiger partial charge in [0.25, 0.3) is 0 Å². The molecule has 118 valence electrons. The van der Waals surface area contributed by atoms with Gasteiger partial charge in [0.1, 0.15) is 5.76 Å². The molecule has 0 amide bonds. The lowest BCUT2D eigenvalue weighted by atomic mass is 10.3. The van der Waals surface area contributed by atoms with E-state index in [2.05, 4.69) is 0 Å². The normalized spacial score (nSPS) is 13.3. The first-order chi connectivity index (χ1) is 10.3. The number of benzene rings is 1. The van der Waals surface area contributed by atoms with Gasteiger partial charge in [0.15, 0.2) is 0 Å². The van der Waals surface area contributed by atoms with Crippen LogP contribution < -0.4 is 0 Å². The molecule has 2 aromatic rings. The molecule has 0 bridgehead atoms. The lowest BCUT2D eigenvalue weighted by Crippen LogP contribution is -2.41. The van der Waals surface area contributed by atoms with Crippen molar-refractivity contribution in [3.63, 3.8) is 0 Å². The van der Waals surface area contributed by atoms with E-state index in [0.29, 0.717) is 10.8 Å². The molecule has 0 N–H and O–H groups in total. The average Bonchev–Trinajstić information content (AvgIpc) is 2.97. The number of furan rings is 1. The van der Waals surface area contributed by atoms with E-state index in [1.165, 1.54) is 37.5 Å². The molecular formula is C14H13Cl2NO4S. The second kappa shape index (κ2) is 6.83. The number of carbonyl (C=O) groups excluding carboxylic acids is 1. The first-order valence-corrected chi connectivity index (χ1v) is 8.51. The van der Waals surface area contributed by atoms with E-state index in [1.807, 2.05) is 0 Å². The lowest BCUT2D eigenvalue weighted by Gasteiger charge is -2.25. The summed E-state index contributed by atoms with van der Waals surface area (Å²) in [5.74, 6) is 0.405. The van der Waals surface area contributed by atoms with Gasteiger partial charge in [-0.25, -0.2) is 8.42 Å². The SMILES string of the molecule is CC(C(=O)Cl)N(Cc1ccco1)S(=O)(=O)c1ccc(Cl)cc1. The summed E-state index contributed by atoms with van der Waals surface area (Å²) >= 11 is 11.3. The molecule has 0 aliphatic carbocycles. The van der Waals surface area contributed by atoms with Crippen LogP contribution in [0.25, 0.3) is 0 Å². The Balaban J connectivity index is 2.42. The summed E-state index contributed by atoms with van der Waals surface area (Å²) in [7, 11) is -3.93. The van der Waals surface area contributed by atoms with Gasteiger partial charge in [-0.15, -0.1) is 0 Å². The molecule has 0 spiro atoms. The molecule has 1 heterocycles. The van der Waals surface area contributed by atoms with Gasteiger partial charge in [0.2, 0.25) is 15.3 Å². The standard InChI is InChI=1S/C14H13Cl2NO4S/c1-10(14(16)18)17(9-12-3-2-8-21-12)22(19,20)13-6-4-11(15)5-7-13/h2-8,10H,9H2,1H3. The van der Waals surface area contributed by atoms with Gasteiger partial charge in [-0.3, -0.25) is 4.79 Å². The molecular weight excluding hydrogens is 349 g/mol. The second-order valence-electron chi connectivity index (χ2n) is 4.56. The number of hydrogen-bond acceptors (Lipinski definition) is 4. The summed E-state index contributed by atoms with van der Waals surface area (Å²) in [6.45, 7) is 1.32. The summed E-state index contributed by atoms with van der Waals surface area (Å²) in [6, 6.07) is 7.90. The Kier molecular flexibility index (Phi) is 5.28. The van der Waals surface area contributed by atoms with Crippen LogP contribution in [0.3, 0.4) is 0 Å². The van der Waals surface area contributed by atoms with Crippen LogP contribution in [0.5, 0.6) is 0 Å². The zero-order valence-electron chi connectivity index (χ0n) is 11.6. The summed E-state index contributed by atoms with van der Waals surface area (Å²) in [5, 5.41) is -0.359. The molecule has 5 nitrogen and oxygen atoms in total. The maximum absolute atomic E-state index is 12.7. The zero-order valence-corrected chi connectivity index (χ0v) is 13.9. The Labute approximate surface area is 138 Å². The highest BCUT2D eigenvalue weighted by Crippen LogP contribution is 2.23. The van der Waals surface area contributed by atoms with Crippen LogP contribution in [0.1, 0.15) is 12.7 Å². The fourth-order valence-corrected chi connectivity index (χ4v) is 3.70. The highest BCUT2D eigenvalue weighted by atomic mass is 35.5. The minimum atomic E-state index is -3.93. The smallest absolute Gasteiger partial charge is 0.244 e. The van der Waals surface area contributed by atoms with Crippen molar-refractivity contribution in [2.75, 3.05) is 0 Å². The predicted octanol–water partition coefficient (Wildman–Crippen LogP) is 3.28. The first-order valence-electron chi connectivity index (χ1n) is 6.31. The maximum atomic E-state index is 12.7. The summed E-state index contributed by atoms with van der Waals surface area (Å²) in [5.41, 5.74) is 0. The van der Waals surface area contributed by atoms with Gasteiger partial charge in [0, 0.05) is 5.02 Å². The van der Waals surface area contributed by atoms with Crippen molar-refractivity contribution >= 4 is 38.5 Å². The number of halogens is 2. The van der Waals surface area contributed by atoms with E-state index in [0.717, 1.165) is 4.31 Å². The van der Waals surface area contributed by atoms with Gasteiger partial charge in [-0.2, -0.15) is 4.31 Å². The molecule has 1 aromatic heterocycles. The van der Waals surface area contributed by atoms with Crippen LogP contribution in [0, 0.1) is 0 Å². The third-order valence-corrected chi connectivity index (χ3v) is 5.57. The van der Waals surface area contributed by atoms with Crippen LogP contribution in [0.15, 0.2) is 52.0 Å². The topological polar surface area (TPSA) is 67.6 Å². The van der Waals surface area contributed by atoms with Crippen molar-refractivity contribution in [1.82, 2.24) is 4.31 Å². The van der Waals surface area contributed by atoms with E-state index in [-0.39, 0.29) is 11.4 Å². The fourth-order valence-electron chi connectivity index (χ4n) is 1.84. The summed E-state index contributed by atoms with van der Waals surface area (Å²) < 4.78 is 31.6. The third kappa shape index (κ3) is 3.70. The van der Waals surface area contributed by atoms with Crippen molar-refractivity contribution in [2.24, 2.45) is 0 Å². The van der Waals surface area contributed by atoms with Crippen LogP contribution in [-0.2, 0) is 21.4 Å². The van der Waals surface area contributed by atoms with E-state index in [1.54, 1.807) is 12.1 Å². The number of hydrogen-bond donors (Lipinski definition) is 0. The first kappa shape index (κ1) is 17.0. The monoisotopic (exact) mass is 361 g/mol. The summed E-state index contributed by atoms with van der Waals surface area (Å²) in [6.07, 6.45) is 1.43. The average molecular weight is 362 g/mol. The van der Waals surface area contributed by atoms with Gasteiger partial charge < -0.3 is 4.42 Å². The molecule has 0 radical (unpaired) electrons. The quantitative estimate of drug-likeness (QED) is 0.740. The highest BCUT2D eigenvalue weighted by Gasteiger charge is 2.33. The molecule has 0 saturated carbocycles. The van der Waals surface area contributed by atoms with Crippen molar-refractivity contribution in [2.45, 2.75) is 24.4 Å². The van der Waals surface area contributed by atoms with Crippen LogP contribution in [-0.4, -0.2) is 24.0 Å². The lowest BCUT2D eigenvalue weighted by molar-refractivity contribution is -0.114. The number of nitrogens with zero attached hydrogens (tertiary/aromatic N) is 1. The Morgan fingerprint density at radius 3 is 2.41 bits per heavy atom. The maximum Gasteiger partial charge on any atom is 0.244 e. The minimum absolute atomic E-state index is 0.0215. The van der Waals surface area contributed by atoms with E-state index >= 15 is 0 Å². The third-order valence-electron chi connectivity index (χ3n) is 3.07.